The lowest BCUT2D eigenvalue weighted by Gasteiger charge is -2.34. The molecule has 116 valence electrons. The zero-order chi connectivity index (χ0) is 15.2. The Kier molecular flexibility index (Phi) is 6.35. The number of hydrogen-bond donors (Lipinski definition) is 3. The van der Waals surface area contributed by atoms with Crippen LogP contribution in [0.25, 0.3) is 0 Å². The third-order valence-corrected chi connectivity index (χ3v) is 4.74. The van der Waals surface area contributed by atoms with Crippen LogP contribution in [0.5, 0.6) is 0 Å². The van der Waals surface area contributed by atoms with E-state index in [4.69, 9.17) is 18.0 Å². The molecule has 0 radical (unpaired) electrons. The second-order valence-electron chi connectivity index (χ2n) is 5.28. The lowest BCUT2D eigenvalue weighted by molar-refractivity contribution is -0.128. The van der Waals surface area contributed by atoms with Crippen molar-refractivity contribution in [1.29, 1.82) is 0 Å². The molecule has 4 N–H and O–H groups in total. The van der Waals surface area contributed by atoms with Crippen LogP contribution in [0.2, 0.25) is 0 Å². The molecule has 0 aromatic rings. The maximum absolute atomic E-state index is 12.3. The first-order valence-corrected chi connectivity index (χ1v) is 9.11. The fourth-order valence-corrected chi connectivity index (χ4v) is 3.27. The van der Waals surface area contributed by atoms with Gasteiger partial charge in [-0.3, -0.25) is 4.79 Å². The Labute approximate surface area is 125 Å². The highest BCUT2D eigenvalue weighted by atomic mass is 32.2. The molecule has 0 atom stereocenters. The first-order chi connectivity index (χ1) is 9.28. The Morgan fingerprint density at radius 3 is 2.35 bits per heavy atom. The quantitative estimate of drug-likeness (QED) is 0.462. The average molecular weight is 321 g/mol. The molecule has 0 bridgehead atoms. The number of thiocarbonyl (C=S) groups is 1. The van der Waals surface area contributed by atoms with Gasteiger partial charge >= 0.3 is 0 Å². The number of hydrogen-bond acceptors (Lipinski definition) is 4. The van der Waals surface area contributed by atoms with Crippen LogP contribution in [0.1, 0.15) is 38.5 Å². The Bertz CT molecular complexity index is 457. The van der Waals surface area contributed by atoms with Crippen molar-refractivity contribution < 1.29 is 13.2 Å². The normalized spacial score (nSPS) is 18.4. The number of amides is 1. The molecule has 20 heavy (non-hydrogen) atoms. The van der Waals surface area contributed by atoms with Crippen molar-refractivity contribution in [2.24, 2.45) is 11.1 Å². The molecular formula is C12H23N3O3S2. The summed E-state index contributed by atoms with van der Waals surface area (Å²) in [4.78, 5) is 12.6. The zero-order valence-electron chi connectivity index (χ0n) is 11.8. The number of sulfonamides is 1. The van der Waals surface area contributed by atoms with Gasteiger partial charge in [0.25, 0.3) is 0 Å². The van der Waals surface area contributed by atoms with Gasteiger partial charge in [-0.2, -0.15) is 0 Å². The zero-order valence-corrected chi connectivity index (χ0v) is 13.4. The Hall–Kier alpha value is -0.730. The lowest BCUT2D eigenvalue weighted by Crippen LogP contribution is -2.50. The highest BCUT2D eigenvalue weighted by Gasteiger charge is 2.41. The highest BCUT2D eigenvalue weighted by molar-refractivity contribution is 7.88. The molecule has 0 aromatic carbocycles. The third kappa shape index (κ3) is 4.99. The molecule has 1 aliphatic carbocycles. The summed E-state index contributed by atoms with van der Waals surface area (Å²) >= 11 is 5.08. The molecule has 1 saturated carbocycles. The largest absolute Gasteiger partial charge is 0.392 e. The van der Waals surface area contributed by atoms with Gasteiger partial charge in [-0.25, -0.2) is 13.1 Å². The van der Waals surface area contributed by atoms with Crippen LogP contribution < -0.4 is 15.8 Å². The molecule has 1 aliphatic rings. The third-order valence-electron chi connectivity index (χ3n) is 3.62. The second-order valence-corrected chi connectivity index (χ2v) is 7.56. The summed E-state index contributed by atoms with van der Waals surface area (Å²) in [5.41, 5.74) is 5.06. The molecule has 0 aliphatic heterocycles. The first kappa shape index (κ1) is 17.3. The van der Waals surface area contributed by atoms with E-state index in [0.29, 0.717) is 32.4 Å². The van der Waals surface area contributed by atoms with E-state index in [2.05, 4.69) is 10.0 Å². The maximum Gasteiger partial charge on any atom is 0.233 e. The predicted octanol–water partition coefficient (Wildman–Crippen LogP) is 0.278. The van der Waals surface area contributed by atoms with E-state index in [1.54, 1.807) is 0 Å². The molecule has 6 nitrogen and oxygen atoms in total. The highest BCUT2D eigenvalue weighted by Crippen LogP contribution is 2.36. The van der Waals surface area contributed by atoms with Gasteiger partial charge in [0.15, 0.2) is 0 Å². The van der Waals surface area contributed by atoms with Crippen molar-refractivity contribution in [1.82, 2.24) is 10.0 Å². The SMILES string of the molecule is CS(=O)(=O)NCCCNC(=O)C1(C(N)=S)CCCCC1. The maximum atomic E-state index is 12.3. The van der Waals surface area contributed by atoms with Crippen molar-refractivity contribution in [3.05, 3.63) is 0 Å². The minimum Gasteiger partial charge on any atom is -0.392 e. The summed E-state index contributed by atoms with van der Waals surface area (Å²) in [6.07, 6.45) is 6.07. The topological polar surface area (TPSA) is 101 Å². The van der Waals surface area contributed by atoms with E-state index < -0.39 is 15.4 Å². The smallest absolute Gasteiger partial charge is 0.233 e. The van der Waals surface area contributed by atoms with E-state index >= 15 is 0 Å². The van der Waals surface area contributed by atoms with Crippen LogP contribution in [0, 0.1) is 5.41 Å². The van der Waals surface area contributed by atoms with E-state index in [1.165, 1.54) is 0 Å². The Balaban J connectivity index is 2.42. The van der Waals surface area contributed by atoms with Gasteiger partial charge in [0.05, 0.1) is 16.7 Å². The summed E-state index contributed by atoms with van der Waals surface area (Å²) in [6, 6.07) is 0. The molecule has 0 unspecified atom stereocenters. The van der Waals surface area contributed by atoms with Gasteiger partial charge in [-0.15, -0.1) is 0 Å². The van der Waals surface area contributed by atoms with Crippen LogP contribution >= 0.6 is 12.2 Å². The fraction of sp³-hybridized carbons (Fsp3) is 0.833. The number of rotatable bonds is 7. The van der Waals surface area contributed by atoms with Crippen LogP contribution in [0.15, 0.2) is 0 Å². The van der Waals surface area contributed by atoms with Gasteiger partial charge in [0.2, 0.25) is 15.9 Å². The van der Waals surface area contributed by atoms with Crippen molar-refractivity contribution in [3.63, 3.8) is 0 Å². The standard InChI is InChI=1S/C12H23N3O3S2/c1-20(17,18)15-9-5-8-14-11(16)12(10(13)19)6-3-2-4-7-12/h15H,2-9H2,1H3,(H2,13,19)(H,14,16). The van der Waals surface area contributed by atoms with E-state index in [-0.39, 0.29) is 10.9 Å². The predicted molar refractivity (Wildman–Crippen MR) is 82.8 cm³/mol. The monoisotopic (exact) mass is 321 g/mol. The molecule has 1 rings (SSSR count). The number of carbonyl (C=O) groups excluding carboxylic acids is 1. The first-order valence-electron chi connectivity index (χ1n) is 6.81. The van der Waals surface area contributed by atoms with Gasteiger partial charge in [0, 0.05) is 13.1 Å². The second kappa shape index (κ2) is 7.33. The number of carbonyl (C=O) groups is 1. The average Bonchev–Trinajstić information content (AvgIpc) is 2.37. The summed E-state index contributed by atoms with van der Waals surface area (Å²) in [7, 11) is -3.17. The summed E-state index contributed by atoms with van der Waals surface area (Å²) in [6.45, 7) is 0.713. The van der Waals surface area contributed by atoms with Crippen molar-refractivity contribution in [3.8, 4) is 0 Å². The number of nitrogens with one attached hydrogen (secondary N) is 2. The molecular weight excluding hydrogens is 298 g/mol. The Morgan fingerprint density at radius 2 is 1.85 bits per heavy atom. The molecule has 0 saturated heterocycles. The minimum atomic E-state index is -3.17. The molecule has 1 fully saturated rings. The molecule has 8 heteroatoms. The van der Waals surface area contributed by atoms with Crippen molar-refractivity contribution >= 4 is 33.1 Å². The van der Waals surface area contributed by atoms with Crippen LogP contribution in [-0.4, -0.2) is 38.7 Å². The van der Waals surface area contributed by atoms with Crippen LogP contribution in [0.4, 0.5) is 0 Å². The minimum absolute atomic E-state index is 0.121. The van der Waals surface area contributed by atoms with Crippen LogP contribution in [-0.2, 0) is 14.8 Å². The lowest BCUT2D eigenvalue weighted by atomic mass is 9.73. The summed E-state index contributed by atoms with van der Waals surface area (Å²) < 4.78 is 24.1. The molecule has 0 aromatic heterocycles. The van der Waals surface area contributed by atoms with Gasteiger partial charge < -0.3 is 11.1 Å². The summed E-state index contributed by atoms with van der Waals surface area (Å²) in [5.74, 6) is -0.121. The van der Waals surface area contributed by atoms with Gasteiger partial charge in [-0.05, 0) is 19.3 Å². The van der Waals surface area contributed by atoms with Crippen LogP contribution in [0.3, 0.4) is 0 Å². The molecule has 1 amide bonds. The van der Waals surface area contributed by atoms with Crippen molar-refractivity contribution in [2.75, 3.05) is 19.3 Å². The summed E-state index contributed by atoms with van der Waals surface area (Å²) in [5, 5.41) is 2.82. The fourth-order valence-electron chi connectivity index (χ4n) is 2.46. The van der Waals surface area contributed by atoms with Gasteiger partial charge in [-0.1, -0.05) is 31.5 Å². The Morgan fingerprint density at radius 1 is 1.25 bits per heavy atom. The molecule has 0 spiro atoms. The molecule has 0 heterocycles. The van der Waals surface area contributed by atoms with E-state index in [0.717, 1.165) is 25.5 Å². The van der Waals surface area contributed by atoms with E-state index in [1.807, 2.05) is 0 Å². The number of nitrogens with two attached hydrogens (primary N) is 1. The van der Waals surface area contributed by atoms with Gasteiger partial charge in [0.1, 0.15) is 0 Å². The van der Waals surface area contributed by atoms with Crippen molar-refractivity contribution in [2.45, 2.75) is 38.5 Å². The van der Waals surface area contributed by atoms with E-state index in [9.17, 15) is 13.2 Å².